The molecular formula is C21H23F3N2O. The molecule has 0 radical (unpaired) electrons. The Balaban J connectivity index is 2.35. The van der Waals surface area contributed by atoms with E-state index in [1.165, 1.54) is 0 Å². The minimum atomic E-state index is -1.06. The van der Waals surface area contributed by atoms with Crippen molar-refractivity contribution < 1.29 is 18.0 Å². The number of aliphatic imine (C=N–C) groups is 1. The minimum absolute atomic E-state index is 0.371. The fourth-order valence-corrected chi connectivity index (χ4v) is 2.71. The molecule has 2 aromatic carbocycles. The van der Waals surface area contributed by atoms with E-state index in [2.05, 4.69) is 4.99 Å². The molecule has 2 aromatic rings. The van der Waals surface area contributed by atoms with Crippen LogP contribution in [0.15, 0.2) is 29.3 Å². The van der Waals surface area contributed by atoms with Crippen molar-refractivity contribution in [2.45, 2.75) is 34.1 Å². The van der Waals surface area contributed by atoms with Crippen LogP contribution in [-0.2, 0) is 6.42 Å². The molecule has 3 nitrogen and oxygen atoms in total. The van der Waals surface area contributed by atoms with Crippen LogP contribution < -0.4 is 0 Å². The predicted octanol–water partition coefficient (Wildman–Crippen LogP) is 5.15. The summed E-state index contributed by atoms with van der Waals surface area (Å²) in [5, 5.41) is 0. The molecule has 0 amide bonds. The first-order chi connectivity index (χ1) is 12.6. The van der Waals surface area contributed by atoms with Gasteiger partial charge in [-0.25, -0.2) is 18.2 Å². The highest BCUT2D eigenvalue weighted by molar-refractivity contribution is 5.99. The van der Waals surface area contributed by atoms with Crippen LogP contribution in [0.3, 0.4) is 0 Å². The molecule has 0 aliphatic carbocycles. The van der Waals surface area contributed by atoms with Gasteiger partial charge in [-0.3, -0.25) is 4.79 Å². The Kier molecular flexibility index (Phi) is 6.41. The summed E-state index contributed by atoms with van der Waals surface area (Å²) in [5.74, 6) is -2.72. The second-order valence-electron chi connectivity index (χ2n) is 6.57. The van der Waals surface area contributed by atoms with E-state index in [-0.39, 0.29) is 0 Å². The van der Waals surface area contributed by atoms with Crippen LogP contribution >= 0.6 is 0 Å². The van der Waals surface area contributed by atoms with Gasteiger partial charge in [-0.05, 0) is 51.0 Å². The molecule has 0 saturated heterocycles. The average Bonchev–Trinajstić information content (AvgIpc) is 2.59. The fourth-order valence-electron chi connectivity index (χ4n) is 2.71. The summed E-state index contributed by atoms with van der Waals surface area (Å²) in [7, 11) is 1.94. The molecule has 0 unspecified atom stereocenters. The largest absolute Gasteiger partial charge is 0.364 e. The highest BCUT2D eigenvalue weighted by Crippen LogP contribution is 2.26. The molecule has 0 aliphatic rings. The molecule has 0 N–H and O–H groups in total. The van der Waals surface area contributed by atoms with Crippen LogP contribution in [0, 0.1) is 31.3 Å². The van der Waals surface area contributed by atoms with Crippen LogP contribution in [0.1, 0.15) is 40.9 Å². The van der Waals surface area contributed by atoms with Crippen LogP contribution in [0.25, 0.3) is 0 Å². The van der Waals surface area contributed by atoms with Gasteiger partial charge in [0.15, 0.2) is 5.78 Å². The molecule has 0 fully saturated rings. The molecule has 0 spiro atoms. The van der Waals surface area contributed by atoms with Gasteiger partial charge in [-0.15, -0.1) is 0 Å². The average molecular weight is 376 g/mol. The van der Waals surface area contributed by atoms with E-state index in [1.54, 1.807) is 19.1 Å². The number of rotatable bonds is 5. The molecule has 6 heteroatoms. The monoisotopic (exact) mass is 376 g/mol. The van der Waals surface area contributed by atoms with E-state index in [9.17, 15) is 18.0 Å². The van der Waals surface area contributed by atoms with Gasteiger partial charge in [0.2, 0.25) is 0 Å². The molecule has 144 valence electrons. The number of carbonyl (C=O) groups excluding carboxylic acids is 1. The Morgan fingerprint density at radius 1 is 1.04 bits per heavy atom. The third kappa shape index (κ3) is 4.76. The van der Waals surface area contributed by atoms with Crippen LogP contribution in [0.4, 0.5) is 18.9 Å². The Morgan fingerprint density at radius 2 is 1.63 bits per heavy atom. The molecule has 0 atom stereocenters. The third-order valence-corrected chi connectivity index (χ3v) is 4.60. The number of hydrogen-bond donors (Lipinski definition) is 0. The number of benzene rings is 2. The van der Waals surface area contributed by atoms with E-state index >= 15 is 0 Å². The second-order valence-corrected chi connectivity index (χ2v) is 6.57. The smallest absolute Gasteiger partial charge is 0.167 e. The van der Waals surface area contributed by atoms with Crippen molar-refractivity contribution in [1.29, 1.82) is 0 Å². The lowest BCUT2D eigenvalue weighted by Gasteiger charge is -2.17. The normalized spacial score (nSPS) is 11.6. The van der Waals surface area contributed by atoms with Crippen molar-refractivity contribution in [3.63, 3.8) is 0 Å². The Labute approximate surface area is 157 Å². The highest BCUT2D eigenvalue weighted by Gasteiger charge is 2.18. The summed E-state index contributed by atoms with van der Waals surface area (Å²) < 4.78 is 40.7. The Bertz CT molecular complexity index is 884. The van der Waals surface area contributed by atoms with Crippen LogP contribution in [-0.4, -0.2) is 30.1 Å². The number of hydrogen-bond acceptors (Lipinski definition) is 2. The Morgan fingerprint density at radius 3 is 2.19 bits per heavy atom. The second kappa shape index (κ2) is 8.37. The van der Waals surface area contributed by atoms with Gasteiger partial charge in [-0.2, -0.15) is 0 Å². The molecule has 0 aliphatic heterocycles. The van der Waals surface area contributed by atoms with E-state index in [4.69, 9.17) is 0 Å². The summed E-state index contributed by atoms with van der Waals surface area (Å²) in [5.41, 5.74) is 2.13. The maximum absolute atomic E-state index is 13.8. The van der Waals surface area contributed by atoms with Crippen molar-refractivity contribution >= 4 is 17.3 Å². The summed E-state index contributed by atoms with van der Waals surface area (Å²) in [6.07, 6.45) is -0.474. The lowest BCUT2D eigenvalue weighted by molar-refractivity contribution is 0.0990. The predicted molar refractivity (Wildman–Crippen MR) is 101 cm³/mol. The summed E-state index contributed by atoms with van der Waals surface area (Å²) >= 11 is 0. The maximum atomic E-state index is 13.8. The molecule has 0 saturated carbocycles. The maximum Gasteiger partial charge on any atom is 0.167 e. The quantitative estimate of drug-likeness (QED) is 0.411. The summed E-state index contributed by atoms with van der Waals surface area (Å²) in [6.45, 7) is 8.32. The number of nitrogens with zero attached hydrogens (tertiary/aromatic N) is 2. The van der Waals surface area contributed by atoms with Crippen molar-refractivity contribution in [2.75, 3.05) is 13.6 Å². The molecule has 27 heavy (non-hydrogen) atoms. The van der Waals surface area contributed by atoms with Gasteiger partial charge in [0.25, 0.3) is 0 Å². The first kappa shape index (κ1) is 20.7. The topological polar surface area (TPSA) is 32.7 Å². The van der Waals surface area contributed by atoms with Crippen molar-refractivity contribution in [2.24, 2.45) is 4.99 Å². The molecule has 2 rings (SSSR count). The number of aryl methyl sites for hydroxylation is 2. The van der Waals surface area contributed by atoms with E-state index in [0.717, 1.165) is 23.6 Å². The first-order valence-corrected chi connectivity index (χ1v) is 8.68. The minimum Gasteiger partial charge on any atom is -0.364 e. The van der Waals surface area contributed by atoms with E-state index in [1.807, 2.05) is 32.7 Å². The summed E-state index contributed by atoms with van der Waals surface area (Å²) in [4.78, 5) is 19.2. The number of ketones is 1. The zero-order valence-corrected chi connectivity index (χ0v) is 16.2. The lowest BCUT2D eigenvalue weighted by atomic mass is 9.96. The van der Waals surface area contributed by atoms with Crippen molar-refractivity contribution in [3.8, 4) is 0 Å². The zero-order valence-electron chi connectivity index (χ0n) is 16.2. The van der Waals surface area contributed by atoms with E-state index < -0.39 is 35.2 Å². The first-order valence-electron chi connectivity index (χ1n) is 8.68. The molecular weight excluding hydrogens is 353 g/mol. The van der Waals surface area contributed by atoms with E-state index in [0.29, 0.717) is 23.3 Å². The third-order valence-electron chi connectivity index (χ3n) is 4.60. The zero-order chi connectivity index (χ0) is 20.3. The van der Waals surface area contributed by atoms with Gasteiger partial charge in [0, 0.05) is 43.3 Å². The number of amidine groups is 1. The van der Waals surface area contributed by atoms with Gasteiger partial charge in [0.1, 0.15) is 23.3 Å². The van der Waals surface area contributed by atoms with Crippen molar-refractivity contribution in [3.05, 3.63) is 64.0 Å². The summed E-state index contributed by atoms with van der Waals surface area (Å²) in [6, 6.07) is 4.62. The van der Waals surface area contributed by atoms with Crippen LogP contribution in [0.2, 0.25) is 0 Å². The van der Waals surface area contributed by atoms with Gasteiger partial charge in [-0.1, -0.05) is 0 Å². The highest BCUT2D eigenvalue weighted by atomic mass is 19.1. The SMILES string of the molecule is CCN(C)C(C)=Nc1cc(C)c(C(=O)Cc2c(F)cc(F)cc2F)cc1C. The van der Waals surface area contributed by atoms with Gasteiger partial charge in [0.05, 0.1) is 5.69 Å². The molecule has 0 heterocycles. The fraction of sp³-hybridized carbons (Fsp3) is 0.333. The van der Waals surface area contributed by atoms with Gasteiger partial charge < -0.3 is 4.90 Å². The number of halogens is 3. The van der Waals surface area contributed by atoms with Gasteiger partial charge >= 0.3 is 0 Å². The standard InChI is InChI=1S/C21H23F3N2O/c1-6-26(5)14(4)25-20-8-12(2)16(7-13(20)3)21(27)11-17-18(23)9-15(22)10-19(17)24/h7-10H,6,11H2,1-5H3. The van der Waals surface area contributed by atoms with Crippen molar-refractivity contribution in [1.82, 2.24) is 4.90 Å². The molecule has 0 aromatic heterocycles. The number of carbonyl (C=O) groups is 1. The van der Waals surface area contributed by atoms with Crippen LogP contribution in [0.5, 0.6) is 0 Å². The lowest BCUT2D eigenvalue weighted by Crippen LogP contribution is -2.23. The Hall–Kier alpha value is -2.63. The molecule has 0 bridgehead atoms. The number of Topliss-reactive ketones (excluding diaryl/α,β-unsaturated/α-hetero) is 1.